The van der Waals surface area contributed by atoms with Crippen LogP contribution in [0.4, 0.5) is 5.69 Å². The fourth-order valence-corrected chi connectivity index (χ4v) is 3.56. The van der Waals surface area contributed by atoms with Gasteiger partial charge in [-0.25, -0.2) is 0 Å². The maximum absolute atomic E-state index is 11.0. The number of benzene rings is 2. The fraction of sp³-hybridized carbons (Fsp3) is 0.316. The summed E-state index contributed by atoms with van der Waals surface area (Å²) in [4.78, 5) is 15.3. The summed E-state index contributed by atoms with van der Waals surface area (Å²) in [6.07, 6.45) is 0.655. The van der Waals surface area contributed by atoms with Crippen molar-refractivity contribution in [3.05, 3.63) is 51.1 Å². The van der Waals surface area contributed by atoms with Gasteiger partial charge in [-0.2, -0.15) is 0 Å². The first kappa shape index (κ1) is 17.1. The van der Waals surface area contributed by atoms with E-state index in [1.54, 1.807) is 26.4 Å². The second-order valence-electron chi connectivity index (χ2n) is 6.32. The Morgan fingerprint density at radius 2 is 1.74 bits per heavy atom. The molecule has 1 atom stereocenters. The molecule has 2 aromatic carbocycles. The zero-order valence-corrected chi connectivity index (χ0v) is 15.1. The number of fused-ring (bicyclic) bond motifs is 2. The molecule has 0 saturated heterocycles. The molecule has 4 rings (SSSR count). The predicted octanol–water partition coefficient (Wildman–Crippen LogP) is 3.12. The SMILES string of the molecule is COc1c2c(c(OC)c3c1OCO3)C(c1ccc([N+](=O)[O-])cc1)=N[C@@H](C)C2. The van der Waals surface area contributed by atoms with Gasteiger partial charge in [0, 0.05) is 23.3 Å². The van der Waals surface area contributed by atoms with Gasteiger partial charge in [0.2, 0.25) is 18.3 Å². The second kappa shape index (κ2) is 6.46. The summed E-state index contributed by atoms with van der Waals surface area (Å²) in [5.74, 6) is 2.16. The van der Waals surface area contributed by atoms with Crippen LogP contribution in [0.15, 0.2) is 29.3 Å². The Morgan fingerprint density at radius 3 is 2.33 bits per heavy atom. The van der Waals surface area contributed by atoms with Crippen molar-refractivity contribution in [2.24, 2.45) is 4.99 Å². The first-order valence-electron chi connectivity index (χ1n) is 8.44. The largest absolute Gasteiger partial charge is 0.492 e. The number of nitro groups is 1. The van der Waals surface area contributed by atoms with E-state index in [4.69, 9.17) is 23.9 Å². The third-order valence-corrected chi connectivity index (χ3v) is 4.67. The van der Waals surface area contributed by atoms with Crippen LogP contribution in [0.3, 0.4) is 0 Å². The van der Waals surface area contributed by atoms with Crippen LogP contribution in [0, 0.1) is 10.1 Å². The molecule has 0 amide bonds. The first-order chi connectivity index (χ1) is 13.0. The standard InChI is InChI=1S/C19H18N2O6/c1-10-8-13-14(15(20-10)11-4-6-12(7-5-11)21(22)23)17(25-3)19-18(16(13)24-2)26-9-27-19/h4-7,10H,8-9H2,1-3H3/t10-/m0/s1. The number of hydrogen-bond acceptors (Lipinski definition) is 7. The van der Waals surface area contributed by atoms with Gasteiger partial charge in [-0.1, -0.05) is 0 Å². The van der Waals surface area contributed by atoms with Crippen molar-refractivity contribution in [3.63, 3.8) is 0 Å². The maximum atomic E-state index is 11.0. The van der Waals surface area contributed by atoms with Gasteiger partial charge < -0.3 is 18.9 Å². The number of aliphatic imine (C=N–C) groups is 1. The highest BCUT2D eigenvalue weighted by molar-refractivity contribution is 6.17. The summed E-state index contributed by atoms with van der Waals surface area (Å²) in [7, 11) is 3.15. The highest BCUT2D eigenvalue weighted by Gasteiger charge is 2.36. The van der Waals surface area contributed by atoms with Gasteiger partial charge in [-0.15, -0.1) is 0 Å². The van der Waals surface area contributed by atoms with Crippen LogP contribution in [-0.2, 0) is 6.42 Å². The third kappa shape index (κ3) is 2.64. The Bertz CT molecular complexity index is 952. The zero-order chi connectivity index (χ0) is 19.1. The molecule has 0 N–H and O–H groups in total. The molecule has 0 saturated carbocycles. The summed E-state index contributed by atoms with van der Waals surface area (Å²) in [6, 6.07) is 6.31. The second-order valence-corrected chi connectivity index (χ2v) is 6.32. The summed E-state index contributed by atoms with van der Waals surface area (Å²) in [5.41, 5.74) is 3.17. The molecule has 2 aliphatic heterocycles. The molecule has 0 fully saturated rings. The molecule has 0 radical (unpaired) electrons. The highest BCUT2D eigenvalue weighted by Crippen LogP contribution is 2.53. The van der Waals surface area contributed by atoms with Crippen LogP contribution in [0.1, 0.15) is 23.6 Å². The lowest BCUT2D eigenvalue weighted by molar-refractivity contribution is -0.384. The van der Waals surface area contributed by atoms with Crippen LogP contribution in [0.2, 0.25) is 0 Å². The molecular formula is C19H18N2O6. The van der Waals surface area contributed by atoms with Gasteiger partial charge in [0.1, 0.15) is 0 Å². The van der Waals surface area contributed by atoms with E-state index in [1.165, 1.54) is 12.1 Å². The molecule has 2 aromatic rings. The van der Waals surface area contributed by atoms with E-state index >= 15 is 0 Å². The van der Waals surface area contributed by atoms with Gasteiger partial charge in [-0.3, -0.25) is 15.1 Å². The maximum Gasteiger partial charge on any atom is 0.269 e. The van der Waals surface area contributed by atoms with E-state index in [0.29, 0.717) is 35.1 Å². The summed E-state index contributed by atoms with van der Waals surface area (Å²) >= 11 is 0. The van der Waals surface area contributed by atoms with Gasteiger partial charge in [0.25, 0.3) is 5.69 Å². The minimum atomic E-state index is -0.426. The molecule has 27 heavy (non-hydrogen) atoms. The Kier molecular flexibility index (Phi) is 4.10. The number of hydrogen-bond donors (Lipinski definition) is 0. The van der Waals surface area contributed by atoms with E-state index in [1.807, 2.05) is 6.92 Å². The van der Waals surface area contributed by atoms with Crippen LogP contribution >= 0.6 is 0 Å². The number of methoxy groups -OCH3 is 2. The molecule has 0 aromatic heterocycles. The van der Waals surface area contributed by atoms with E-state index in [-0.39, 0.29) is 18.5 Å². The Hall–Kier alpha value is -3.29. The van der Waals surface area contributed by atoms with Crippen molar-refractivity contribution < 1.29 is 23.9 Å². The molecule has 0 aliphatic carbocycles. The lowest BCUT2D eigenvalue weighted by Crippen LogP contribution is -2.21. The van der Waals surface area contributed by atoms with Crippen LogP contribution in [0.25, 0.3) is 0 Å². The van der Waals surface area contributed by atoms with Gasteiger partial charge in [0.15, 0.2) is 11.5 Å². The smallest absolute Gasteiger partial charge is 0.269 e. The minimum absolute atomic E-state index is 0.00155. The summed E-state index contributed by atoms with van der Waals surface area (Å²) in [5, 5.41) is 11.0. The number of non-ortho nitro benzene ring substituents is 1. The minimum Gasteiger partial charge on any atom is -0.492 e. The van der Waals surface area contributed by atoms with Gasteiger partial charge in [0.05, 0.1) is 36.5 Å². The monoisotopic (exact) mass is 370 g/mol. The number of rotatable bonds is 4. The third-order valence-electron chi connectivity index (χ3n) is 4.67. The van der Waals surface area contributed by atoms with Gasteiger partial charge >= 0.3 is 0 Å². The quantitative estimate of drug-likeness (QED) is 0.606. The van der Waals surface area contributed by atoms with Crippen LogP contribution in [0.5, 0.6) is 23.0 Å². The lowest BCUT2D eigenvalue weighted by atomic mass is 9.88. The Morgan fingerprint density at radius 1 is 1.11 bits per heavy atom. The number of nitro benzene ring substituents is 1. The molecule has 8 nitrogen and oxygen atoms in total. The number of ether oxygens (including phenoxy) is 4. The van der Waals surface area contributed by atoms with E-state index in [9.17, 15) is 10.1 Å². The van der Waals surface area contributed by atoms with Crippen molar-refractivity contribution in [1.82, 2.24) is 0 Å². The molecule has 2 heterocycles. The van der Waals surface area contributed by atoms with Crippen molar-refractivity contribution in [1.29, 1.82) is 0 Å². The van der Waals surface area contributed by atoms with Crippen LogP contribution < -0.4 is 18.9 Å². The Labute approximate surface area is 155 Å². The molecule has 2 aliphatic rings. The lowest BCUT2D eigenvalue weighted by Gasteiger charge is -2.26. The van der Waals surface area contributed by atoms with Crippen LogP contribution in [-0.4, -0.2) is 37.7 Å². The zero-order valence-electron chi connectivity index (χ0n) is 15.1. The molecule has 0 spiro atoms. The van der Waals surface area contributed by atoms with Crippen molar-refractivity contribution in [2.75, 3.05) is 21.0 Å². The molecular weight excluding hydrogens is 352 g/mol. The highest BCUT2D eigenvalue weighted by atomic mass is 16.7. The molecule has 0 bridgehead atoms. The average Bonchev–Trinajstić information content (AvgIpc) is 3.14. The average molecular weight is 370 g/mol. The van der Waals surface area contributed by atoms with Crippen molar-refractivity contribution >= 4 is 11.4 Å². The number of nitrogens with zero attached hydrogens (tertiary/aromatic N) is 2. The van der Waals surface area contributed by atoms with E-state index in [0.717, 1.165) is 16.7 Å². The molecule has 8 heteroatoms. The van der Waals surface area contributed by atoms with E-state index in [2.05, 4.69) is 0 Å². The van der Waals surface area contributed by atoms with E-state index < -0.39 is 4.92 Å². The van der Waals surface area contributed by atoms with Crippen molar-refractivity contribution in [2.45, 2.75) is 19.4 Å². The Balaban J connectivity index is 1.95. The predicted molar refractivity (Wildman–Crippen MR) is 97.6 cm³/mol. The first-order valence-corrected chi connectivity index (χ1v) is 8.44. The fourth-order valence-electron chi connectivity index (χ4n) is 3.56. The summed E-state index contributed by atoms with van der Waals surface area (Å²) in [6.45, 7) is 2.09. The molecule has 140 valence electrons. The normalized spacial score (nSPS) is 17.1. The van der Waals surface area contributed by atoms with Gasteiger partial charge in [-0.05, 0) is 25.5 Å². The molecule has 0 unspecified atom stereocenters. The summed E-state index contributed by atoms with van der Waals surface area (Å²) < 4.78 is 22.5. The topological polar surface area (TPSA) is 92.4 Å². The van der Waals surface area contributed by atoms with Crippen molar-refractivity contribution in [3.8, 4) is 23.0 Å².